The van der Waals surface area contributed by atoms with Gasteiger partial charge >= 0.3 is 0 Å². The van der Waals surface area contributed by atoms with E-state index in [-0.39, 0.29) is 6.04 Å². The highest BCUT2D eigenvalue weighted by atomic mass is 16.5. The number of benzene rings is 1. The Hall–Kier alpha value is -1.10. The lowest BCUT2D eigenvalue weighted by molar-refractivity contribution is 0.171. The minimum Gasteiger partial charge on any atom is -0.383 e. The average molecular weight is 280 g/mol. The van der Waals surface area contributed by atoms with Crippen LogP contribution < -0.4 is 10.6 Å². The summed E-state index contributed by atoms with van der Waals surface area (Å²) in [7, 11) is 3.46. The molecule has 1 aromatic rings. The van der Waals surface area contributed by atoms with Crippen LogP contribution in [0.1, 0.15) is 31.9 Å². The van der Waals surface area contributed by atoms with E-state index in [1.165, 1.54) is 11.3 Å². The maximum Gasteiger partial charge on any atom is 0.0663 e. The molecule has 4 nitrogen and oxygen atoms in total. The van der Waals surface area contributed by atoms with E-state index in [0.717, 1.165) is 13.0 Å². The topological polar surface area (TPSA) is 47.7 Å². The zero-order valence-electron chi connectivity index (χ0n) is 13.1. The molecule has 1 rings (SSSR count). The molecular weight excluding hydrogens is 252 g/mol. The fourth-order valence-corrected chi connectivity index (χ4v) is 2.27. The van der Waals surface area contributed by atoms with Crippen LogP contribution in [0.5, 0.6) is 0 Å². The van der Waals surface area contributed by atoms with Crippen molar-refractivity contribution < 1.29 is 9.47 Å². The molecule has 20 heavy (non-hydrogen) atoms. The van der Waals surface area contributed by atoms with E-state index in [4.69, 9.17) is 15.2 Å². The molecule has 0 heterocycles. The van der Waals surface area contributed by atoms with Crippen molar-refractivity contribution in [3.63, 3.8) is 0 Å². The molecule has 0 amide bonds. The lowest BCUT2D eigenvalue weighted by Gasteiger charge is -2.31. The van der Waals surface area contributed by atoms with Crippen LogP contribution in [0.25, 0.3) is 0 Å². The van der Waals surface area contributed by atoms with Crippen LogP contribution in [-0.2, 0) is 9.47 Å². The SMILES string of the molecule is CC[C@@H](N)c1ccc(N(CCOC)C(C)COC)cc1. The summed E-state index contributed by atoms with van der Waals surface area (Å²) in [5, 5.41) is 0. The number of nitrogens with zero attached hydrogens (tertiary/aromatic N) is 1. The number of hydrogen-bond acceptors (Lipinski definition) is 4. The van der Waals surface area contributed by atoms with Crippen LogP contribution in [0, 0.1) is 0 Å². The first-order valence-electron chi connectivity index (χ1n) is 7.24. The number of hydrogen-bond donors (Lipinski definition) is 1. The van der Waals surface area contributed by atoms with Crippen molar-refractivity contribution in [2.75, 3.05) is 38.9 Å². The zero-order chi connectivity index (χ0) is 15.0. The Balaban J connectivity index is 2.84. The minimum atomic E-state index is 0.118. The van der Waals surface area contributed by atoms with E-state index in [0.29, 0.717) is 19.3 Å². The third-order valence-electron chi connectivity index (χ3n) is 3.57. The Labute approximate surface area is 122 Å². The Morgan fingerprint density at radius 2 is 1.80 bits per heavy atom. The molecule has 0 fully saturated rings. The molecule has 0 saturated heterocycles. The van der Waals surface area contributed by atoms with E-state index < -0.39 is 0 Å². The number of rotatable bonds is 9. The van der Waals surface area contributed by atoms with Crippen LogP contribution in [0.4, 0.5) is 5.69 Å². The number of ether oxygens (including phenoxy) is 2. The molecule has 0 aliphatic rings. The quantitative estimate of drug-likeness (QED) is 0.755. The number of methoxy groups -OCH3 is 2. The van der Waals surface area contributed by atoms with Crippen LogP contribution in [0.2, 0.25) is 0 Å². The summed E-state index contributed by atoms with van der Waals surface area (Å²) in [6, 6.07) is 8.92. The molecule has 114 valence electrons. The van der Waals surface area contributed by atoms with Crippen LogP contribution in [0.3, 0.4) is 0 Å². The van der Waals surface area contributed by atoms with Gasteiger partial charge in [-0.05, 0) is 31.0 Å². The highest BCUT2D eigenvalue weighted by molar-refractivity contribution is 5.49. The van der Waals surface area contributed by atoms with Crippen molar-refractivity contribution in [1.29, 1.82) is 0 Å². The molecule has 2 N–H and O–H groups in total. The van der Waals surface area contributed by atoms with Gasteiger partial charge in [0.15, 0.2) is 0 Å². The largest absolute Gasteiger partial charge is 0.383 e. The van der Waals surface area contributed by atoms with Crippen molar-refractivity contribution in [1.82, 2.24) is 0 Å². The van der Waals surface area contributed by atoms with Gasteiger partial charge in [0, 0.05) is 38.5 Å². The Bertz CT molecular complexity index is 367. The van der Waals surface area contributed by atoms with Gasteiger partial charge in [-0.15, -0.1) is 0 Å². The molecule has 0 aliphatic carbocycles. The van der Waals surface area contributed by atoms with Crippen molar-refractivity contribution >= 4 is 5.69 Å². The third kappa shape index (κ3) is 4.78. The average Bonchev–Trinajstić information content (AvgIpc) is 2.48. The van der Waals surface area contributed by atoms with Crippen molar-refractivity contribution in [2.45, 2.75) is 32.4 Å². The second-order valence-electron chi connectivity index (χ2n) is 5.10. The van der Waals surface area contributed by atoms with Crippen LogP contribution >= 0.6 is 0 Å². The van der Waals surface area contributed by atoms with E-state index in [2.05, 4.69) is 43.0 Å². The normalized spacial score (nSPS) is 14.1. The maximum absolute atomic E-state index is 6.05. The summed E-state index contributed by atoms with van der Waals surface area (Å²) in [5.74, 6) is 0. The van der Waals surface area contributed by atoms with Gasteiger partial charge in [-0.25, -0.2) is 0 Å². The molecule has 0 radical (unpaired) electrons. The highest BCUT2D eigenvalue weighted by Gasteiger charge is 2.14. The molecule has 1 unspecified atom stereocenters. The van der Waals surface area contributed by atoms with Gasteiger partial charge in [0.2, 0.25) is 0 Å². The summed E-state index contributed by atoms with van der Waals surface area (Å²) in [6.07, 6.45) is 0.951. The van der Waals surface area contributed by atoms with Crippen molar-refractivity contribution in [2.24, 2.45) is 5.73 Å². The second-order valence-corrected chi connectivity index (χ2v) is 5.10. The molecule has 2 atom stereocenters. The van der Waals surface area contributed by atoms with E-state index in [9.17, 15) is 0 Å². The summed E-state index contributed by atoms with van der Waals surface area (Å²) < 4.78 is 10.5. The van der Waals surface area contributed by atoms with Gasteiger partial charge in [0.25, 0.3) is 0 Å². The fraction of sp³-hybridized carbons (Fsp3) is 0.625. The molecule has 4 heteroatoms. The van der Waals surface area contributed by atoms with E-state index in [1.54, 1.807) is 14.2 Å². The molecule has 0 aliphatic heterocycles. The monoisotopic (exact) mass is 280 g/mol. The standard InChI is InChI=1S/C16H28N2O2/c1-5-16(17)14-6-8-15(9-7-14)18(10-11-19-3)13(2)12-20-4/h6-9,13,16H,5,10-12,17H2,1-4H3/t13?,16-/m1/s1. The third-order valence-corrected chi connectivity index (χ3v) is 3.57. The Morgan fingerprint density at radius 3 is 2.30 bits per heavy atom. The van der Waals surface area contributed by atoms with Crippen molar-refractivity contribution in [3.8, 4) is 0 Å². The molecule has 0 bridgehead atoms. The molecule has 1 aromatic carbocycles. The van der Waals surface area contributed by atoms with Gasteiger partial charge in [-0.3, -0.25) is 0 Å². The predicted octanol–water partition coefficient (Wildman–Crippen LogP) is 2.58. The maximum atomic E-state index is 6.05. The lowest BCUT2D eigenvalue weighted by Crippen LogP contribution is -2.38. The summed E-state index contributed by atoms with van der Waals surface area (Å²) in [4.78, 5) is 2.30. The van der Waals surface area contributed by atoms with E-state index >= 15 is 0 Å². The molecule has 0 aromatic heterocycles. The second kappa shape index (κ2) is 8.95. The number of nitrogens with two attached hydrogens (primary N) is 1. The predicted molar refractivity (Wildman–Crippen MR) is 84.2 cm³/mol. The van der Waals surface area contributed by atoms with Crippen molar-refractivity contribution in [3.05, 3.63) is 29.8 Å². The first kappa shape index (κ1) is 17.0. The first-order chi connectivity index (χ1) is 9.63. The first-order valence-corrected chi connectivity index (χ1v) is 7.24. The van der Waals surface area contributed by atoms with Gasteiger partial charge in [-0.1, -0.05) is 19.1 Å². The van der Waals surface area contributed by atoms with Crippen LogP contribution in [-0.4, -0.2) is 40.0 Å². The zero-order valence-corrected chi connectivity index (χ0v) is 13.1. The Kier molecular flexibility index (Phi) is 7.59. The molecule has 0 spiro atoms. The highest BCUT2D eigenvalue weighted by Crippen LogP contribution is 2.21. The summed E-state index contributed by atoms with van der Waals surface area (Å²) in [5.41, 5.74) is 8.42. The minimum absolute atomic E-state index is 0.118. The van der Waals surface area contributed by atoms with Gasteiger partial charge in [0.1, 0.15) is 0 Å². The summed E-state index contributed by atoms with van der Waals surface area (Å²) >= 11 is 0. The fourth-order valence-electron chi connectivity index (χ4n) is 2.27. The van der Waals surface area contributed by atoms with Crippen LogP contribution in [0.15, 0.2) is 24.3 Å². The molecular formula is C16H28N2O2. The Morgan fingerprint density at radius 1 is 1.15 bits per heavy atom. The van der Waals surface area contributed by atoms with Gasteiger partial charge in [0.05, 0.1) is 13.2 Å². The summed E-state index contributed by atoms with van der Waals surface area (Å²) in [6.45, 7) is 6.50. The van der Waals surface area contributed by atoms with Gasteiger partial charge < -0.3 is 20.1 Å². The van der Waals surface area contributed by atoms with Gasteiger partial charge in [-0.2, -0.15) is 0 Å². The lowest BCUT2D eigenvalue weighted by atomic mass is 10.0. The van der Waals surface area contributed by atoms with E-state index in [1.807, 2.05) is 0 Å². The smallest absolute Gasteiger partial charge is 0.0663 e. The number of anilines is 1. The molecule has 0 saturated carbocycles.